The van der Waals surface area contributed by atoms with E-state index >= 15 is 0 Å². The first-order chi connectivity index (χ1) is 20.3. The minimum Gasteiger partial charge on any atom is -0.507 e. The molecule has 5 unspecified atom stereocenters. The van der Waals surface area contributed by atoms with Gasteiger partial charge in [0, 0.05) is 28.0 Å². The minimum absolute atomic E-state index is 0.0568. The maximum absolute atomic E-state index is 13.1. The van der Waals surface area contributed by atoms with Crippen molar-refractivity contribution in [1.29, 1.82) is 0 Å². The summed E-state index contributed by atoms with van der Waals surface area (Å²) in [6.45, 7) is 10.3. The summed E-state index contributed by atoms with van der Waals surface area (Å²) >= 11 is 0. The smallest absolute Gasteiger partial charge is 0.202 e. The third-order valence-electron chi connectivity index (χ3n) is 10.8. The number of hydrogen-bond acceptors (Lipinski definition) is 11. The molecule has 0 bridgehead atoms. The van der Waals surface area contributed by atoms with Crippen LogP contribution in [-0.2, 0) is 22.4 Å². The van der Waals surface area contributed by atoms with Crippen molar-refractivity contribution in [2.24, 2.45) is 11.3 Å². The molecular weight excluding hydrogens is 570 g/mol. The van der Waals surface area contributed by atoms with E-state index in [4.69, 9.17) is 14.6 Å². The van der Waals surface area contributed by atoms with E-state index in [2.05, 4.69) is 5.32 Å². The zero-order valence-corrected chi connectivity index (χ0v) is 26.5. The van der Waals surface area contributed by atoms with Crippen LogP contribution in [0.2, 0.25) is 0 Å². The monoisotopic (exact) mass is 613 g/mol. The molecule has 0 aromatic heterocycles. The summed E-state index contributed by atoms with van der Waals surface area (Å²) in [4.78, 5) is 38.1. The van der Waals surface area contributed by atoms with Gasteiger partial charge >= 0.3 is 0 Å². The van der Waals surface area contributed by atoms with Gasteiger partial charge in [-0.15, -0.1) is 0 Å². The Morgan fingerprint density at radius 3 is 2.16 bits per heavy atom. The first-order valence-corrected chi connectivity index (χ1v) is 14.7. The molecule has 1 saturated heterocycles. The molecule has 2 aromatic rings. The molecule has 240 valence electrons. The van der Waals surface area contributed by atoms with Crippen molar-refractivity contribution in [2.75, 3.05) is 20.8 Å². The number of likely N-dealkylation sites (N-methyl/N-ethyl adjacent to an activating group) is 1. The fourth-order valence-corrected chi connectivity index (χ4v) is 6.89. The van der Waals surface area contributed by atoms with Gasteiger partial charge in [0.1, 0.15) is 29.5 Å². The van der Waals surface area contributed by atoms with Crippen molar-refractivity contribution in [1.82, 2.24) is 5.32 Å². The Labute approximate surface area is 256 Å². The highest BCUT2D eigenvalue weighted by Crippen LogP contribution is 2.53. The van der Waals surface area contributed by atoms with Gasteiger partial charge in [-0.25, -0.2) is 0 Å². The number of aliphatic hydroxyl groups is 3. The number of hydrogen-bond donors (Lipinski definition) is 6. The molecule has 11 heteroatoms. The largest absolute Gasteiger partial charge is 0.507 e. The van der Waals surface area contributed by atoms with Gasteiger partial charge in [0.2, 0.25) is 5.78 Å². The quantitative estimate of drug-likeness (QED) is 0.238. The van der Waals surface area contributed by atoms with Gasteiger partial charge in [-0.2, -0.15) is 0 Å². The third-order valence-corrected chi connectivity index (χ3v) is 10.8. The fraction of sp³-hybridized carbons (Fsp3) is 0.545. The van der Waals surface area contributed by atoms with Gasteiger partial charge in [-0.05, 0) is 60.1 Å². The summed E-state index contributed by atoms with van der Waals surface area (Å²) in [5.41, 5.74) is -2.05. The second-order valence-electron chi connectivity index (χ2n) is 12.9. The van der Waals surface area contributed by atoms with Crippen LogP contribution in [0, 0.1) is 11.3 Å². The van der Waals surface area contributed by atoms with Gasteiger partial charge in [0.05, 0.1) is 35.4 Å². The standard InChI is InChI=1S/C21H18O7.C12H25NO3/c1-28-14-4-2-3-11-15(14)21(27)17-16(19(11)25)20(26)12-7-9(13(23)8-22)5-6-10(12)18(17)24;1-8-10(4,14)11(5,13-7)9(2,3)12(6,15)16-8/h2-4,9,22,24,26H,5-8H2,1H3;8,13-15H,1-7H3. The lowest BCUT2D eigenvalue weighted by atomic mass is 9.57. The predicted molar refractivity (Wildman–Crippen MR) is 160 cm³/mol. The highest BCUT2D eigenvalue weighted by Gasteiger charge is 2.66. The van der Waals surface area contributed by atoms with E-state index in [-0.39, 0.29) is 63.7 Å². The van der Waals surface area contributed by atoms with Gasteiger partial charge in [-0.1, -0.05) is 26.0 Å². The van der Waals surface area contributed by atoms with Crippen LogP contribution in [0.3, 0.4) is 0 Å². The average Bonchev–Trinajstić information content (AvgIpc) is 2.99. The number of methoxy groups -OCH3 is 1. The number of phenols is 2. The average molecular weight is 614 g/mol. The Morgan fingerprint density at radius 2 is 1.59 bits per heavy atom. The highest BCUT2D eigenvalue weighted by molar-refractivity contribution is 6.31. The Bertz CT molecular complexity index is 1530. The number of phenolic OH excluding ortho intramolecular Hbond substituents is 2. The van der Waals surface area contributed by atoms with Crippen molar-refractivity contribution in [3.8, 4) is 17.2 Å². The summed E-state index contributed by atoms with van der Waals surface area (Å²) in [6.07, 6.45) is 0.264. The molecule has 0 amide bonds. The van der Waals surface area contributed by atoms with Gasteiger partial charge in [0.15, 0.2) is 17.4 Å². The molecule has 0 radical (unpaired) electrons. The number of nitrogens with one attached hydrogen (secondary N) is 1. The topological polar surface area (TPSA) is 183 Å². The van der Waals surface area contributed by atoms with Crippen LogP contribution in [0.25, 0.3) is 0 Å². The number of ether oxygens (including phenoxy) is 2. The Balaban J connectivity index is 0.000000236. The summed E-state index contributed by atoms with van der Waals surface area (Å²) < 4.78 is 10.8. The molecule has 1 aliphatic heterocycles. The lowest BCUT2D eigenvalue weighted by Crippen LogP contribution is -2.79. The number of carbonyl (C=O) groups excluding carboxylic acids is 3. The van der Waals surface area contributed by atoms with Gasteiger partial charge < -0.3 is 40.3 Å². The maximum Gasteiger partial charge on any atom is 0.202 e. The normalized spacial score (nSPS) is 30.3. The molecule has 11 nitrogen and oxygen atoms in total. The van der Waals surface area contributed by atoms with Crippen LogP contribution < -0.4 is 10.1 Å². The van der Waals surface area contributed by atoms with Crippen molar-refractivity contribution in [2.45, 2.75) is 83.8 Å². The molecular formula is C33H43NO10. The van der Waals surface area contributed by atoms with Crippen molar-refractivity contribution >= 4 is 17.3 Å². The molecule has 5 atom stereocenters. The number of carbonyl (C=O) groups is 3. The molecule has 1 heterocycles. The molecule has 6 N–H and O–H groups in total. The molecule has 5 rings (SSSR count). The second-order valence-corrected chi connectivity index (χ2v) is 12.9. The summed E-state index contributed by atoms with van der Waals surface area (Å²) in [5, 5.41) is 54.9. The molecule has 3 aliphatic rings. The number of Topliss-reactive ketones (excluding diaryl/α,β-unsaturated/α-hetero) is 1. The van der Waals surface area contributed by atoms with Gasteiger partial charge in [-0.3, -0.25) is 14.4 Å². The van der Waals surface area contributed by atoms with Crippen LogP contribution in [-0.4, -0.2) is 86.7 Å². The van der Waals surface area contributed by atoms with Crippen LogP contribution in [0.15, 0.2) is 18.2 Å². The first kappa shape index (κ1) is 33.5. The number of rotatable bonds is 4. The Hall–Kier alpha value is -3.35. The van der Waals surface area contributed by atoms with Crippen LogP contribution in [0.5, 0.6) is 17.2 Å². The SMILES string of the molecule is CNC1(C)C(C)(O)C(C)OC(C)(O)C1(C)C.COc1cccc2c1C(=O)c1c(O)c3c(c(O)c1C2=O)CC(C(=O)CO)CC3. The lowest BCUT2D eigenvalue weighted by Gasteiger charge is -2.63. The first-order valence-electron chi connectivity index (χ1n) is 14.7. The number of ketones is 3. The van der Waals surface area contributed by atoms with E-state index in [0.717, 1.165) is 0 Å². The maximum atomic E-state index is 13.1. The molecule has 1 fully saturated rings. The van der Waals surface area contributed by atoms with E-state index in [1.54, 1.807) is 40.0 Å². The molecule has 2 aliphatic carbocycles. The van der Waals surface area contributed by atoms with Crippen LogP contribution >= 0.6 is 0 Å². The van der Waals surface area contributed by atoms with Gasteiger partial charge in [0.25, 0.3) is 0 Å². The minimum atomic E-state index is -1.29. The molecule has 2 aromatic carbocycles. The third kappa shape index (κ3) is 4.64. The van der Waals surface area contributed by atoms with E-state index < -0.39 is 52.5 Å². The Kier molecular flexibility index (Phi) is 8.55. The number of fused-ring (bicyclic) bond motifs is 3. The summed E-state index contributed by atoms with van der Waals surface area (Å²) in [5.74, 6) is -3.85. The lowest BCUT2D eigenvalue weighted by molar-refractivity contribution is -0.368. The van der Waals surface area contributed by atoms with E-state index in [1.807, 2.05) is 20.8 Å². The molecule has 0 spiro atoms. The van der Waals surface area contributed by atoms with Crippen LogP contribution in [0.4, 0.5) is 0 Å². The number of aromatic hydroxyl groups is 2. The van der Waals surface area contributed by atoms with Crippen molar-refractivity contribution in [3.63, 3.8) is 0 Å². The summed E-state index contributed by atoms with van der Waals surface area (Å²) in [7, 11) is 3.18. The zero-order chi connectivity index (χ0) is 33.2. The molecule has 44 heavy (non-hydrogen) atoms. The van der Waals surface area contributed by atoms with E-state index in [9.17, 15) is 34.8 Å². The van der Waals surface area contributed by atoms with Crippen LogP contribution in [0.1, 0.15) is 90.9 Å². The summed E-state index contributed by atoms with van der Waals surface area (Å²) in [6, 6.07) is 4.59. The highest BCUT2D eigenvalue weighted by atomic mass is 16.6. The van der Waals surface area contributed by atoms with Crippen molar-refractivity contribution in [3.05, 3.63) is 51.6 Å². The van der Waals surface area contributed by atoms with Crippen molar-refractivity contribution < 1.29 is 49.4 Å². The molecule has 0 saturated carbocycles. The van der Waals surface area contributed by atoms with E-state index in [0.29, 0.717) is 12.0 Å². The second kappa shape index (κ2) is 11.2. The van der Waals surface area contributed by atoms with E-state index in [1.165, 1.54) is 13.2 Å². The zero-order valence-electron chi connectivity index (χ0n) is 26.5. The Morgan fingerprint density at radius 1 is 1.00 bits per heavy atom. The predicted octanol–water partition coefficient (Wildman–Crippen LogP) is 2.42. The fourth-order valence-electron chi connectivity index (χ4n) is 6.89. The number of aliphatic hydroxyl groups excluding tert-OH is 1. The number of benzene rings is 2.